The molecule has 0 N–H and O–H groups in total. The van der Waals surface area contributed by atoms with Crippen molar-refractivity contribution in [2.75, 3.05) is 13.2 Å². The fraction of sp³-hybridized carbons (Fsp3) is 0.231. The van der Waals surface area contributed by atoms with E-state index in [1.807, 2.05) is 6.07 Å². The van der Waals surface area contributed by atoms with Crippen molar-refractivity contribution in [1.29, 1.82) is 0 Å². The van der Waals surface area contributed by atoms with Gasteiger partial charge in [-0.15, -0.1) is 0 Å². The fourth-order valence-electron chi connectivity index (χ4n) is 1.96. The summed E-state index contributed by atoms with van der Waals surface area (Å²) in [6, 6.07) is 5.42. The maximum absolute atomic E-state index is 11.4. The van der Waals surface area contributed by atoms with Gasteiger partial charge in [-0.1, -0.05) is 6.07 Å². The van der Waals surface area contributed by atoms with Crippen LogP contribution in [0.2, 0.25) is 0 Å². The Balaban J connectivity index is 1.81. The minimum absolute atomic E-state index is 0.251. The third-order valence-electron chi connectivity index (χ3n) is 2.85. The van der Waals surface area contributed by atoms with Gasteiger partial charge in [-0.2, -0.15) is 0 Å². The van der Waals surface area contributed by atoms with Crippen LogP contribution in [-0.4, -0.2) is 29.9 Å². The number of hydrogen-bond donors (Lipinski definition) is 0. The third-order valence-corrected chi connectivity index (χ3v) is 2.85. The number of hydrogen-bond acceptors (Lipinski definition) is 4. The van der Waals surface area contributed by atoms with E-state index in [9.17, 15) is 9.59 Å². The molecule has 0 aromatic heterocycles. The number of rotatable bonds is 2. The molecule has 0 saturated heterocycles. The molecule has 3 rings (SSSR count). The van der Waals surface area contributed by atoms with E-state index in [2.05, 4.69) is 0 Å². The summed E-state index contributed by atoms with van der Waals surface area (Å²) in [5.41, 5.74) is 0.838. The molecule has 2 heterocycles. The molecule has 1 aromatic rings. The maximum Gasteiger partial charge on any atom is 0.253 e. The molecule has 2 amide bonds. The average Bonchev–Trinajstić information content (AvgIpc) is 2.70. The molecule has 0 fully saturated rings. The highest BCUT2D eigenvalue weighted by Gasteiger charge is 2.23. The normalized spacial score (nSPS) is 17.4. The predicted molar refractivity (Wildman–Crippen MR) is 62.1 cm³/mol. The van der Waals surface area contributed by atoms with Crippen LogP contribution in [0.25, 0.3) is 0 Å². The fourth-order valence-corrected chi connectivity index (χ4v) is 1.96. The highest BCUT2D eigenvalue weighted by molar-refractivity contribution is 6.12. The second-order valence-corrected chi connectivity index (χ2v) is 4.07. The molecule has 18 heavy (non-hydrogen) atoms. The van der Waals surface area contributed by atoms with Gasteiger partial charge in [0, 0.05) is 12.2 Å². The first kappa shape index (κ1) is 10.8. The SMILES string of the molecule is O=C1C=CC(=O)N1Cc1ccc2c(c1)OCCO2. The van der Waals surface area contributed by atoms with Gasteiger partial charge in [0.15, 0.2) is 11.5 Å². The summed E-state index contributed by atoms with van der Waals surface area (Å²) in [5.74, 6) is 0.790. The van der Waals surface area contributed by atoms with E-state index in [1.54, 1.807) is 12.1 Å². The number of carbonyl (C=O) groups is 2. The number of amides is 2. The molecule has 1 aromatic carbocycles. The minimum Gasteiger partial charge on any atom is -0.486 e. The standard InChI is InChI=1S/C13H11NO4/c15-12-3-4-13(16)14(12)8-9-1-2-10-11(7-9)18-6-5-17-10/h1-4,7H,5-6,8H2. The summed E-state index contributed by atoms with van der Waals surface area (Å²) >= 11 is 0. The van der Waals surface area contributed by atoms with E-state index >= 15 is 0 Å². The van der Waals surface area contributed by atoms with Crippen LogP contribution < -0.4 is 9.47 Å². The van der Waals surface area contributed by atoms with Crippen molar-refractivity contribution in [2.24, 2.45) is 0 Å². The lowest BCUT2D eigenvalue weighted by Crippen LogP contribution is -2.29. The quantitative estimate of drug-likeness (QED) is 0.726. The van der Waals surface area contributed by atoms with Gasteiger partial charge in [-0.25, -0.2) is 0 Å². The summed E-state index contributed by atoms with van der Waals surface area (Å²) in [6.45, 7) is 1.31. The van der Waals surface area contributed by atoms with Gasteiger partial charge in [0.2, 0.25) is 0 Å². The number of carbonyl (C=O) groups excluding carboxylic acids is 2. The minimum atomic E-state index is -0.283. The van der Waals surface area contributed by atoms with Crippen LogP contribution in [-0.2, 0) is 16.1 Å². The Kier molecular flexibility index (Phi) is 2.51. The van der Waals surface area contributed by atoms with Crippen LogP contribution in [0.4, 0.5) is 0 Å². The molecule has 0 spiro atoms. The molecule has 0 radical (unpaired) electrons. The van der Waals surface area contributed by atoms with E-state index in [0.717, 1.165) is 5.56 Å². The second kappa shape index (κ2) is 4.18. The molecule has 0 unspecified atom stereocenters. The molecule has 5 heteroatoms. The van der Waals surface area contributed by atoms with E-state index in [1.165, 1.54) is 17.1 Å². The first-order valence-corrected chi connectivity index (χ1v) is 5.66. The van der Waals surface area contributed by atoms with Crippen molar-refractivity contribution in [3.8, 4) is 11.5 Å². The Hall–Kier alpha value is -2.30. The van der Waals surface area contributed by atoms with E-state index in [0.29, 0.717) is 24.7 Å². The lowest BCUT2D eigenvalue weighted by Gasteiger charge is -2.20. The molecule has 2 aliphatic rings. The molecule has 0 saturated carbocycles. The first-order valence-electron chi connectivity index (χ1n) is 5.66. The average molecular weight is 245 g/mol. The molecule has 0 bridgehead atoms. The van der Waals surface area contributed by atoms with E-state index in [4.69, 9.17) is 9.47 Å². The molecular formula is C13H11NO4. The van der Waals surface area contributed by atoms with Crippen molar-refractivity contribution >= 4 is 11.8 Å². The second-order valence-electron chi connectivity index (χ2n) is 4.07. The van der Waals surface area contributed by atoms with E-state index < -0.39 is 0 Å². The smallest absolute Gasteiger partial charge is 0.253 e. The van der Waals surface area contributed by atoms with Gasteiger partial charge in [-0.05, 0) is 17.7 Å². The molecular weight excluding hydrogens is 234 g/mol. The largest absolute Gasteiger partial charge is 0.486 e. The van der Waals surface area contributed by atoms with Gasteiger partial charge in [0.05, 0.1) is 6.54 Å². The van der Waals surface area contributed by atoms with Crippen LogP contribution in [0.15, 0.2) is 30.4 Å². The lowest BCUT2D eigenvalue weighted by atomic mass is 10.2. The number of fused-ring (bicyclic) bond motifs is 1. The summed E-state index contributed by atoms with van der Waals surface area (Å²) in [4.78, 5) is 24.1. The molecule has 0 aliphatic carbocycles. The molecule has 92 valence electrons. The summed E-state index contributed by atoms with van der Waals surface area (Å²) in [7, 11) is 0. The van der Waals surface area contributed by atoms with Crippen molar-refractivity contribution in [3.05, 3.63) is 35.9 Å². The Morgan fingerprint density at radius 1 is 1.00 bits per heavy atom. The summed E-state index contributed by atoms with van der Waals surface area (Å²) in [5, 5.41) is 0. The number of ether oxygens (including phenoxy) is 2. The molecule has 5 nitrogen and oxygen atoms in total. The third kappa shape index (κ3) is 1.84. The van der Waals surface area contributed by atoms with Crippen molar-refractivity contribution < 1.29 is 19.1 Å². The molecule has 2 aliphatic heterocycles. The van der Waals surface area contributed by atoms with Crippen LogP contribution in [0.1, 0.15) is 5.56 Å². The topological polar surface area (TPSA) is 55.8 Å². The van der Waals surface area contributed by atoms with Gasteiger partial charge in [0.25, 0.3) is 11.8 Å². The van der Waals surface area contributed by atoms with Gasteiger partial charge in [0.1, 0.15) is 13.2 Å². The highest BCUT2D eigenvalue weighted by atomic mass is 16.6. The summed E-state index contributed by atoms with van der Waals surface area (Å²) < 4.78 is 10.9. The maximum atomic E-state index is 11.4. The number of imide groups is 1. The Bertz CT molecular complexity index is 532. The monoisotopic (exact) mass is 245 g/mol. The number of benzene rings is 1. The Labute approximate surface area is 104 Å². The van der Waals surface area contributed by atoms with Gasteiger partial charge in [-0.3, -0.25) is 14.5 Å². The van der Waals surface area contributed by atoms with E-state index in [-0.39, 0.29) is 18.4 Å². The van der Waals surface area contributed by atoms with Crippen molar-refractivity contribution in [1.82, 2.24) is 4.90 Å². The molecule has 0 atom stereocenters. The first-order chi connectivity index (χ1) is 8.74. The van der Waals surface area contributed by atoms with Crippen molar-refractivity contribution in [2.45, 2.75) is 6.54 Å². The van der Waals surface area contributed by atoms with Crippen LogP contribution in [0, 0.1) is 0 Å². The zero-order valence-electron chi connectivity index (χ0n) is 9.59. The van der Waals surface area contributed by atoms with Crippen LogP contribution >= 0.6 is 0 Å². The highest BCUT2D eigenvalue weighted by Crippen LogP contribution is 2.31. The number of nitrogens with zero attached hydrogens (tertiary/aromatic N) is 1. The van der Waals surface area contributed by atoms with Gasteiger partial charge >= 0.3 is 0 Å². The zero-order chi connectivity index (χ0) is 12.5. The summed E-state index contributed by atoms with van der Waals surface area (Å²) in [6.07, 6.45) is 2.56. The lowest BCUT2D eigenvalue weighted by molar-refractivity contribution is -0.137. The van der Waals surface area contributed by atoms with Gasteiger partial charge < -0.3 is 9.47 Å². The Morgan fingerprint density at radius 3 is 2.39 bits per heavy atom. The predicted octanol–water partition coefficient (Wildman–Crippen LogP) is 0.883. The zero-order valence-corrected chi connectivity index (χ0v) is 9.59. The van der Waals surface area contributed by atoms with Crippen molar-refractivity contribution in [3.63, 3.8) is 0 Å². The Morgan fingerprint density at radius 2 is 1.67 bits per heavy atom. The van der Waals surface area contributed by atoms with Crippen LogP contribution in [0.3, 0.4) is 0 Å². The van der Waals surface area contributed by atoms with Crippen LogP contribution in [0.5, 0.6) is 11.5 Å².